The number of methoxy groups -OCH3 is 1. The lowest BCUT2D eigenvalue weighted by molar-refractivity contribution is -0.140. The number of hydrogen-bond donors (Lipinski definition) is 1. The summed E-state index contributed by atoms with van der Waals surface area (Å²) in [6, 6.07) is 0. The fourth-order valence-electron chi connectivity index (χ4n) is 0.614. The van der Waals surface area contributed by atoms with Gasteiger partial charge in [0.05, 0.1) is 19.6 Å². The van der Waals surface area contributed by atoms with Crippen LogP contribution in [0.15, 0.2) is 0 Å². The monoisotopic (exact) mass is 192 g/mol. The lowest BCUT2D eigenvalue weighted by Gasteiger charge is -2.02. The van der Waals surface area contributed by atoms with E-state index in [1.165, 1.54) is 7.11 Å². The number of aliphatic hydroxyl groups excluding tert-OH is 1. The molecular formula is C8H16O3S. The van der Waals surface area contributed by atoms with E-state index in [0.717, 1.165) is 17.9 Å². The number of aliphatic hydroxyl groups is 1. The molecule has 0 aromatic carbocycles. The van der Waals surface area contributed by atoms with E-state index in [1.54, 1.807) is 18.7 Å². The van der Waals surface area contributed by atoms with Gasteiger partial charge in [-0.25, -0.2) is 0 Å². The molecule has 3 nitrogen and oxygen atoms in total. The SMILES string of the molecule is COC(=O)CCSCCC(C)O. The average molecular weight is 192 g/mol. The number of thioether (sulfide) groups is 1. The Balaban J connectivity index is 3.05. The Morgan fingerprint density at radius 3 is 2.75 bits per heavy atom. The van der Waals surface area contributed by atoms with E-state index < -0.39 is 0 Å². The van der Waals surface area contributed by atoms with Crippen molar-refractivity contribution in [3.63, 3.8) is 0 Å². The predicted octanol–water partition coefficient (Wildman–Crippen LogP) is 1.05. The van der Waals surface area contributed by atoms with E-state index in [1.807, 2.05) is 0 Å². The molecule has 0 saturated carbocycles. The van der Waals surface area contributed by atoms with Crippen molar-refractivity contribution < 1.29 is 14.6 Å². The van der Waals surface area contributed by atoms with Gasteiger partial charge in [0.15, 0.2) is 0 Å². The zero-order valence-corrected chi connectivity index (χ0v) is 8.39. The van der Waals surface area contributed by atoms with E-state index in [2.05, 4.69) is 4.74 Å². The topological polar surface area (TPSA) is 46.5 Å². The van der Waals surface area contributed by atoms with Crippen molar-refractivity contribution in [2.75, 3.05) is 18.6 Å². The van der Waals surface area contributed by atoms with Gasteiger partial charge in [-0.05, 0) is 19.1 Å². The smallest absolute Gasteiger partial charge is 0.306 e. The van der Waals surface area contributed by atoms with E-state index in [9.17, 15) is 4.79 Å². The quantitative estimate of drug-likeness (QED) is 0.505. The summed E-state index contributed by atoms with van der Waals surface area (Å²) in [7, 11) is 1.39. The second-order valence-corrected chi connectivity index (χ2v) is 3.80. The Labute approximate surface area is 77.5 Å². The number of hydrogen-bond acceptors (Lipinski definition) is 4. The van der Waals surface area contributed by atoms with Crippen molar-refractivity contribution in [3.05, 3.63) is 0 Å². The maximum Gasteiger partial charge on any atom is 0.306 e. The first-order valence-corrected chi connectivity index (χ1v) is 5.15. The molecule has 0 aromatic rings. The Morgan fingerprint density at radius 1 is 1.58 bits per heavy atom. The minimum atomic E-state index is -0.240. The molecule has 0 radical (unpaired) electrons. The lowest BCUT2D eigenvalue weighted by atomic mass is 10.3. The highest BCUT2D eigenvalue weighted by Gasteiger charge is 2.00. The summed E-state index contributed by atoms with van der Waals surface area (Å²) in [5, 5.41) is 8.90. The molecule has 1 atom stereocenters. The number of ether oxygens (including phenoxy) is 1. The maximum absolute atomic E-state index is 10.6. The molecule has 0 aliphatic carbocycles. The second-order valence-electron chi connectivity index (χ2n) is 2.58. The summed E-state index contributed by atoms with van der Waals surface area (Å²) in [5.41, 5.74) is 0. The predicted molar refractivity (Wildman–Crippen MR) is 50.3 cm³/mol. The molecule has 0 amide bonds. The van der Waals surface area contributed by atoms with Gasteiger partial charge in [-0.3, -0.25) is 4.79 Å². The van der Waals surface area contributed by atoms with Crippen molar-refractivity contribution in [1.29, 1.82) is 0 Å². The van der Waals surface area contributed by atoms with E-state index in [0.29, 0.717) is 6.42 Å². The Morgan fingerprint density at radius 2 is 2.25 bits per heavy atom. The molecule has 0 aliphatic rings. The fraction of sp³-hybridized carbons (Fsp3) is 0.875. The molecule has 12 heavy (non-hydrogen) atoms. The van der Waals surface area contributed by atoms with Gasteiger partial charge in [-0.1, -0.05) is 0 Å². The van der Waals surface area contributed by atoms with Crippen LogP contribution < -0.4 is 0 Å². The molecule has 0 bridgehead atoms. The van der Waals surface area contributed by atoms with Crippen LogP contribution in [0.2, 0.25) is 0 Å². The molecule has 0 saturated heterocycles. The average Bonchev–Trinajstić information content (AvgIpc) is 2.03. The number of carbonyl (C=O) groups is 1. The summed E-state index contributed by atoms with van der Waals surface area (Å²) >= 11 is 1.66. The summed E-state index contributed by atoms with van der Waals surface area (Å²) in [6.45, 7) is 1.76. The molecule has 0 rings (SSSR count). The van der Waals surface area contributed by atoms with Gasteiger partial charge in [-0.15, -0.1) is 0 Å². The van der Waals surface area contributed by atoms with Gasteiger partial charge in [0, 0.05) is 5.75 Å². The van der Waals surface area contributed by atoms with E-state index in [4.69, 9.17) is 5.11 Å². The van der Waals surface area contributed by atoms with Gasteiger partial charge in [-0.2, -0.15) is 11.8 Å². The van der Waals surface area contributed by atoms with Crippen molar-refractivity contribution in [1.82, 2.24) is 0 Å². The Kier molecular flexibility index (Phi) is 7.29. The standard InChI is InChI=1S/C8H16O3S/c1-7(9)3-5-12-6-4-8(10)11-2/h7,9H,3-6H2,1-2H3. The van der Waals surface area contributed by atoms with Gasteiger partial charge < -0.3 is 9.84 Å². The molecule has 0 aromatic heterocycles. The maximum atomic E-state index is 10.6. The molecule has 1 N–H and O–H groups in total. The number of rotatable bonds is 6. The molecule has 0 fully saturated rings. The normalized spacial score (nSPS) is 12.6. The fourth-order valence-corrected chi connectivity index (χ4v) is 1.64. The molecule has 72 valence electrons. The van der Waals surface area contributed by atoms with Crippen molar-refractivity contribution >= 4 is 17.7 Å². The largest absolute Gasteiger partial charge is 0.469 e. The first-order valence-electron chi connectivity index (χ1n) is 3.99. The zero-order chi connectivity index (χ0) is 9.40. The van der Waals surface area contributed by atoms with Gasteiger partial charge in [0.2, 0.25) is 0 Å². The first-order chi connectivity index (χ1) is 5.66. The van der Waals surface area contributed by atoms with Crippen LogP contribution >= 0.6 is 11.8 Å². The molecule has 0 aliphatic heterocycles. The highest BCUT2D eigenvalue weighted by Crippen LogP contribution is 2.06. The van der Waals surface area contributed by atoms with Crippen LogP contribution in [0.4, 0.5) is 0 Å². The minimum absolute atomic E-state index is 0.167. The summed E-state index contributed by atoms with van der Waals surface area (Å²) in [4.78, 5) is 10.6. The van der Waals surface area contributed by atoms with E-state index in [-0.39, 0.29) is 12.1 Å². The highest BCUT2D eigenvalue weighted by atomic mass is 32.2. The molecule has 0 heterocycles. The summed E-state index contributed by atoms with van der Waals surface area (Å²) in [6.07, 6.45) is 1.00. The number of esters is 1. The van der Waals surface area contributed by atoms with E-state index >= 15 is 0 Å². The third-order valence-electron chi connectivity index (χ3n) is 1.36. The second kappa shape index (κ2) is 7.43. The minimum Gasteiger partial charge on any atom is -0.469 e. The van der Waals surface area contributed by atoms with Crippen molar-refractivity contribution in [3.8, 4) is 0 Å². The first kappa shape index (κ1) is 11.8. The molecule has 1 unspecified atom stereocenters. The molecular weight excluding hydrogens is 176 g/mol. The van der Waals surface area contributed by atoms with Crippen LogP contribution in [0.3, 0.4) is 0 Å². The molecule has 4 heteroatoms. The van der Waals surface area contributed by atoms with Crippen LogP contribution in [0.25, 0.3) is 0 Å². The van der Waals surface area contributed by atoms with Crippen LogP contribution in [-0.4, -0.2) is 35.8 Å². The third-order valence-corrected chi connectivity index (χ3v) is 2.38. The third kappa shape index (κ3) is 7.88. The zero-order valence-electron chi connectivity index (χ0n) is 7.58. The highest BCUT2D eigenvalue weighted by molar-refractivity contribution is 7.99. The van der Waals surface area contributed by atoms with Crippen LogP contribution in [0.5, 0.6) is 0 Å². The van der Waals surface area contributed by atoms with Gasteiger partial charge in [0.25, 0.3) is 0 Å². The molecule has 0 spiro atoms. The van der Waals surface area contributed by atoms with Crippen molar-refractivity contribution in [2.24, 2.45) is 0 Å². The Bertz CT molecular complexity index is 125. The van der Waals surface area contributed by atoms with Crippen molar-refractivity contribution in [2.45, 2.75) is 25.9 Å². The summed E-state index contributed by atoms with van der Waals surface area (Å²) < 4.78 is 4.48. The van der Waals surface area contributed by atoms with Gasteiger partial charge in [0.1, 0.15) is 0 Å². The summed E-state index contributed by atoms with van der Waals surface area (Å²) in [5.74, 6) is 1.51. The van der Waals surface area contributed by atoms with Crippen LogP contribution in [-0.2, 0) is 9.53 Å². The lowest BCUT2D eigenvalue weighted by Crippen LogP contribution is -2.03. The number of carbonyl (C=O) groups excluding carboxylic acids is 1. The van der Waals surface area contributed by atoms with Crippen LogP contribution in [0, 0.1) is 0 Å². The Hall–Kier alpha value is -0.220. The van der Waals surface area contributed by atoms with Crippen LogP contribution in [0.1, 0.15) is 19.8 Å². The van der Waals surface area contributed by atoms with Gasteiger partial charge >= 0.3 is 5.97 Å².